The number of carbonyl (C=O) groups is 1. The van der Waals surface area contributed by atoms with E-state index in [4.69, 9.17) is 4.74 Å². The van der Waals surface area contributed by atoms with E-state index in [9.17, 15) is 4.79 Å². The zero-order chi connectivity index (χ0) is 15.0. The van der Waals surface area contributed by atoms with Gasteiger partial charge in [0.15, 0.2) is 0 Å². The third kappa shape index (κ3) is 5.30. The molecule has 0 aromatic heterocycles. The van der Waals surface area contributed by atoms with Gasteiger partial charge in [0.1, 0.15) is 6.10 Å². The van der Waals surface area contributed by atoms with Crippen LogP contribution >= 0.6 is 0 Å². The van der Waals surface area contributed by atoms with Crippen molar-refractivity contribution in [1.29, 1.82) is 0 Å². The van der Waals surface area contributed by atoms with Gasteiger partial charge >= 0.3 is 5.97 Å². The summed E-state index contributed by atoms with van der Waals surface area (Å²) in [7, 11) is 0. The normalized spacial score (nSPS) is 18.8. The van der Waals surface area contributed by atoms with E-state index >= 15 is 0 Å². The second-order valence-corrected chi connectivity index (χ2v) is 6.59. The molecule has 0 aliphatic heterocycles. The summed E-state index contributed by atoms with van der Waals surface area (Å²) in [4.78, 5) is 11.6. The number of ether oxygens (including phenoxy) is 1. The van der Waals surface area contributed by atoms with E-state index < -0.39 is 0 Å². The van der Waals surface area contributed by atoms with Crippen molar-refractivity contribution in [2.45, 2.75) is 91.1 Å². The minimum Gasteiger partial charge on any atom is -0.459 e. The van der Waals surface area contributed by atoms with Gasteiger partial charge in [-0.05, 0) is 50.9 Å². The van der Waals surface area contributed by atoms with Gasteiger partial charge in [-0.1, -0.05) is 46.1 Å². The molecule has 1 aliphatic carbocycles. The first-order valence-corrected chi connectivity index (χ1v) is 8.39. The molecule has 116 valence electrons. The Balaban J connectivity index is 2.49. The highest BCUT2D eigenvalue weighted by molar-refractivity contribution is 5.87. The highest BCUT2D eigenvalue weighted by atomic mass is 16.5. The van der Waals surface area contributed by atoms with Crippen molar-refractivity contribution in [3.05, 3.63) is 12.2 Å². The number of unbranched alkanes of at least 4 members (excludes halogenated alkanes) is 2. The van der Waals surface area contributed by atoms with E-state index in [-0.39, 0.29) is 12.1 Å². The van der Waals surface area contributed by atoms with Crippen LogP contribution in [0.15, 0.2) is 12.2 Å². The van der Waals surface area contributed by atoms with Gasteiger partial charge in [-0.2, -0.15) is 0 Å². The first-order chi connectivity index (χ1) is 9.53. The zero-order valence-corrected chi connectivity index (χ0v) is 13.7. The molecule has 0 heterocycles. The standard InChI is InChI=1S/C18H32O2/c1-5-7-11-18(12-8-6-2)13-9-16(10-14-18)20-17(19)15(3)4/h16H,3,5-14H2,1-2,4H3. The van der Waals surface area contributed by atoms with Crippen LogP contribution in [-0.2, 0) is 9.53 Å². The van der Waals surface area contributed by atoms with Crippen LogP contribution in [0.4, 0.5) is 0 Å². The van der Waals surface area contributed by atoms with Gasteiger partial charge in [-0.15, -0.1) is 0 Å². The smallest absolute Gasteiger partial charge is 0.333 e. The molecule has 0 saturated heterocycles. The molecular weight excluding hydrogens is 248 g/mol. The summed E-state index contributed by atoms with van der Waals surface area (Å²) in [5.41, 5.74) is 1.04. The summed E-state index contributed by atoms with van der Waals surface area (Å²) in [5.74, 6) is -0.218. The van der Waals surface area contributed by atoms with E-state index in [0.29, 0.717) is 11.0 Å². The average Bonchev–Trinajstić information content (AvgIpc) is 2.45. The monoisotopic (exact) mass is 280 g/mol. The van der Waals surface area contributed by atoms with E-state index in [1.807, 2.05) is 0 Å². The Morgan fingerprint density at radius 2 is 1.65 bits per heavy atom. The lowest BCUT2D eigenvalue weighted by atomic mass is 9.67. The second-order valence-electron chi connectivity index (χ2n) is 6.59. The molecule has 0 N–H and O–H groups in total. The SMILES string of the molecule is C=C(C)C(=O)OC1CCC(CCCC)(CCCC)CC1. The zero-order valence-electron chi connectivity index (χ0n) is 13.7. The van der Waals surface area contributed by atoms with Crippen LogP contribution in [-0.4, -0.2) is 12.1 Å². The maximum atomic E-state index is 11.6. The molecule has 1 aliphatic rings. The van der Waals surface area contributed by atoms with Crippen molar-refractivity contribution < 1.29 is 9.53 Å². The largest absolute Gasteiger partial charge is 0.459 e. The molecule has 20 heavy (non-hydrogen) atoms. The van der Waals surface area contributed by atoms with Crippen LogP contribution in [0.25, 0.3) is 0 Å². The highest BCUT2D eigenvalue weighted by Crippen LogP contribution is 2.45. The molecule has 0 aromatic carbocycles. The van der Waals surface area contributed by atoms with E-state index in [1.165, 1.54) is 51.4 Å². The van der Waals surface area contributed by atoms with Gasteiger partial charge in [0.05, 0.1) is 0 Å². The van der Waals surface area contributed by atoms with Gasteiger partial charge in [-0.3, -0.25) is 0 Å². The number of hydrogen-bond acceptors (Lipinski definition) is 2. The van der Waals surface area contributed by atoms with Gasteiger partial charge in [0.25, 0.3) is 0 Å². The lowest BCUT2D eigenvalue weighted by Gasteiger charge is -2.40. The Morgan fingerprint density at radius 1 is 1.15 bits per heavy atom. The van der Waals surface area contributed by atoms with Crippen LogP contribution in [0.3, 0.4) is 0 Å². The van der Waals surface area contributed by atoms with Gasteiger partial charge < -0.3 is 4.74 Å². The second kappa shape index (κ2) is 8.49. The molecule has 1 rings (SSSR count). The van der Waals surface area contributed by atoms with Crippen molar-refractivity contribution in [2.24, 2.45) is 5.41 Å². The van der Waals surface area contributed by atoms with Crippen molar-refractivity contribution in [2.75, 3.05) is 0 Å². The van der Waals surface area contributed by atoms with Crippen LogP contribution in [0.2, 0.25) is 0 Å². The minimum absolute atomic E-state index is 0.121. The summed E-state index contributed by atoms with van der Waals surface area (Å²) < 4.78 is 5.52. The maximum absolute atomic E-state index is 11.6. The summed E-state index contributed by atoms with van der Waals surface area (Å²) in [5, 5.41) is 0. The van der Waals surface area contributed by atoms with Crippen LogP contribution in [0.1, 0.15) is 85.0 Å². The van der Waals surface area contributed by atoms with Gasteiger partial charge in [0.2, 0.25) is 0 Å². The third-order valence-corrected chi connectivity index (χ3v) is 4.74. The predicted octanol–water partition coefficient (Wildman–Crippen LogP) is 5.42. The summed E-state index contributed by atoms with van der Waals surface area (Å²) >= 11 is 0. The molecule has 2 heteroatoms. The Hall–Kier alpha value is -0.790. The van der Waals surface area contributed by atoms with Gasteiger partial charge in [0, 0.05) is 5.57 Å². The molecule has 2 nitrogen and oxygen atoms in total. The lowest BCUT2D eigenvalue weighted by molar-refractivity contribution is -0.147. The molecule has 0 spiro atoms. The van der Waals surface area contributed by atoms with Crippen molar-refractivity contribution in [3.8, 4) is 0 Å². The van der Waals surface area contributed by atoms with Gasteiger partial charge in [-0.25, -0.2) is 4.79 Å². The predicted molar refractivity (Wildman–Crippen MR) is 84.6 cm³/mol. The fourth-order valence-electron chi connectivity index (χ4n) is 3.30. The Labute approximate surface area is 125 Å². The van der Waals surface area contributed by atoms with E-state index in [0.717, 1.165) is 12.8 Å². The molecule has 0 unspecified atom stereocenters. The highest BCUT2D eigenvalue weighted by Gasteiger charge is 2.35. The number of rotatable bonds is 8. The van der Waals surface area contributed by atoms with Crippen LogP contribution in [0, 0.1) is 5.41 Å². The van der Waals surface area contributed by atoms with E-state index in [1.54, 1.807) is 6.92 Å². The van der Waals surface area contributed by atoms with Crippen molar-refractivity contribution in [3.63, 3.8) is 0 Å². The fourth-order valence-corrected chi connectivity index (χ4v) is 3.30. The summed E-state index contributed by atoms with van der Waals surface area (Å²) in [6, 6.07) is 0. The molecule has 0 bridgehead atoms. The quantitative estimate of drug-likeness (QED) is 0.438. The first-order valence-electron chi connectivity index (χ1n) is 8.39. The molecule has 0 atom stereocenters. The number of hydrogen-bond donors (Lipinski definition) is 0. The first kappa shape index (κ1) is 17.3. The Bertz CT molecular complexity index is 301. The average molecular weight is 280 g/mol. The van der Waals surface area contributed by atoms with Crippen LogP contribution in [0.5, 0.6) is 0 Å². The fraction of sp³-hybridized carbons (Fsp3) is 0.833. The Kier molecular flexibility index (Phi) is 7.32. The molecule has 1 saturated carbocycles. The third-order valence-electron chi connectivity index (χ3n) is 4.74. The summed E-state index contributed by atoms with van der Waals surface area (Å²) in [6.07, 6.45) is 12.6. The number of carbonyl (C=O) groups excluding carboxylic acids is 1. The van der Waals surface area contributed by atoms with E-state index in [2.05, 4.69) is 20.4 Å². The topological polar surface area (TPSA) is 26.3 Å². The molecule has 0 aromatic rings. The van der Waals surface area contributed by atoms with Crippen molar-refractivity contribution >= 4 is 5.97 Å². The maximum Gasteiger partial charge on any atom is 0.333 e. The number of esters is 1. The molecule has 0 amide bonds. The molecule has 0 radical (unpaired) electrons. The molecular formula is C18H32O2. The summed E-state index contributed by atoms with van der Waals surface area (Å²) in [6.45, 7) is 9.92. The minimum atomic E-state index is -0.218. The van der Waals surface area contributed by atoms with Crippen LogP contribution < -0.4 is 0 Å². The van der Waals surface area contributed by atoms with Crippen molar-refractivity contribution in [1.82, 2.24) is 0 Å². The Morgan fingerprint density at radius 3 is 2.05 bits per heavy atom. The lowest BCUT2D eigenvalue weighted by Crippen LogP contribution is -2.32. The molecule has 1 fully saturated rings.